The van der Waals surface area contributed by atoms with Gasteiger partial charge in [0.15, 0.2) is 0 Å². The molecule has 84 valence electrons. The smallest absolute Gasteiger partial charge is 0.316 e. The van der Waals surface area contributed by atoms with E-state index in [0.29, 0.717) is 26.2 Å². The van der Waals surface area contributed by atoms with Crippen LogP contribution in [-0.4, -0.2) is 51.3 Å². The van der Waals surface area contributed by atoms with Crippen molar-refractivity contribution in [3.8, 4) is 0 Å². The second kappa shape index (κ2) is 10.2. The van der Waals surface area contributed by atoms with Crippen LogP contribution >= 0.6 is 0 Å². The average Bonchev–Trinajstić information content (AvgIpc) is 2.18. The molecular weight excluding hydrogens is 188 g/mol. The van der Waals surface area contributed by atoms with Crippen molar-refractivity contribution in [3.05, 3.63) is 0 Å². The molecule has 0 bridgehead atoms. The molecule has 0 saturated heterocycles. The van der Waals surface area contributed by atoms with Crippen molar-refractivity contribution in [2.75, 3.05) is 40.2 Å². The molecule has 0 unspecified atom stereocenters. The van der Waals surface area contributed by atoms with Crippen molar-refractivity contribution in [2.24, 2.45) is 0 Å². The van der Waals surface area contributed by atoms with Gasteiger partial charge in [0.25, 0.3) is 0 Å². The number of aliphatic hydroxyl groups is 1. The highest BCUT2D eigenvalue weighted by Crippen LogP contribution is 1.75. The van der Waals surface area contributed by atoms with E-state index in [1.165, 1.54) is 0 Å². The van der Waals surface area contributed by atoms with Crippen LogP contribution in [0, 0.1) is 0 Å². The minimum atomic E-state index is -0.295. The molecule has 0 rings (SSSR count). The van der Waals surface area contributed by atoms with Gasteiger partial charge in [0.05, 0.1) is 13.2 Å². The van der Waals surface area contributed by atoms with E-state index in [0.717, 1.165) is 0 Å². The largest absolute Gasteiger partial charge is 0.396 e. The topological polar surface area (TPSA) is 79.8 Å². The number of aliphatic hydroxyl groups excluding tert-OH is 1. The molecule has 0 saturated carbocycles. The summed E-state index contributed by atoms with van der Waals surface area (Å²) in [6, 6.07) is -0.295. The number of hydrogen-bond donors (Lipinski definition) is 3. The average molecular weight is 206 g/mol. The van der Waals surface area contributed by atoms with Crippen LogP contribution in [0.4, 0.5) is 4.79 Å². The van der Waals surface area contributed by atoms with Gasteiger partial charge in [-0.05, 0) is 6.42 Å². The first kappa shape index (κ1) is 13.2. The predicted octanol–water partition coefficient (Wildman–Crippen LogP) is -0.711. The van der Waals surface area contributed by atoms with Crippen molar-refractivity contribution >= 4 is 6.03 Å². The summed E-state index contributed by atoms with van der Waals surface area (Å²) in [6.45, 7) is 1.65. The van der Waals surface area contributed by atoms with Gasteiger partial charge in [0.1, 0.15) is 6.73 Å². The number of hydrogen-bond acceptors (Lipinski definition) is 4. The molecule has 0 heterocycles. The molecule has 0 aliphatic carbocycles. The first-order chi connectivity index (χ1) is 6.81. The Morgan fingerprint density at radius 1 is 1.36 bits per heavy atom. The third kappa shape index (κ3) is 9.24. The standard InChI is InChI=1S/C8H18N2O4/c1-13-5-6-14-7-10-8(12)9-3-2-4-11/h11H,2-7H2,1H3,(H2,9,10,12). The molecule has 0 aromatic rings. The summed E-state index contributed by atoms with van der Waals surface area (Å²) in [5.41, 5.74) is 0. The highest BCUT2D eigenvalue weighted by molar-refractivity contribution is 5.73. The van der Waals surface area contributed by atoms with Crippen LogP contribution in [0.15, 0.2) is 0 Å². The molecule has 0 atom stereocenters. The lowest BCUT2D eigenvalue weighted by atomic mass is 10.4. The highest BCUT2D eigenvalue weighted by Gasteiger charge is 1.96. The van der Waals surface area contributed by atoms with Crippen LogP contribution in [0.2, 0.25) is 0 Å². The Hall–Kier alpha value is -0.850. The number of carbonyl (C=O) groups is 1. The minimum absolute atomic E-state index is 0.0740. The zero-order valence-electron chi connectivity index (χ0n) is 8.41. The fourth-order valence-electron chi connectivity index (χ4n) is 0.674. The maximum atomic E-state index is 10.9. The number of rotatable bonds is 8. The Bertz CT molecular complexity index is 143. The molecule has 0 aromatic heterocycles. The molecular formula is C8H18N2O4. The maximum absolute atomic E-state index is 10.9. The molecule has 6 heteroatoms. The molecule has 0 radical (unpaired) electrons. The second-order valence-corrected chi connectivity index (χ2v) is 2.56. The summed E-state index contributed by atoms with van der Waals surface area (Å²) in [6.07, 6.45) is 0.554. The number of amides is 2. The molecule has 0 spiro atoms. The van der Waals surface area contributed by atoms with E-state index in [-0.39, 0.29) is 19.4 Å². The van der Waals surface area contributed by atoms with Gasteiger partial charge in [0.2, 0.25) is 0 Å². The van der Waals surface area contributed by atoms with Gasteiger partial charge in [-0.15, -0.1) is 0 Å². The van der Waals surface area contributed by atoms with Crippen molar-refractivity contribution < 1.29 is 19.4 Å². The van der Waals surface area contributed by atoms with E-state index in [1.54, 1.807) is 7.11 Å². The van der Waals surface area contributed by atoms with Crippen molar-refractivity contribution in [1.82, 2.24) is 10.6 Å². The molecule has 14 heavy (non-hydrogen) atoms. The van der Waals surface area contributed by atoms with Gasteiger partial charge in [-0.1, -0.05) is 0 Å². The van der Waals surface area contributed by atoms with E-state index in [9.17, 15) is 4.79 Å². The van der Waals surface area contributed by atoms with Gasteiger partial charge in [-0.25, -0.2) is 4.79 Å². The summed E-state index contributed by atoms with van der Waals surface area (Å²) < 4.78 is 9.75. The normalized spacial score (nSPS) is 9.86. The van der Waals surface area contributed by atoms with Crippen LogP contribution in [-0.2, 0) is 9.47 Å². The van der Waals surface area contributed by atoms with Crippen LogP contribution in [0.25, 0.3) is 0 Å². The predicted molar refractivity (Wildman–Crippen MR) is 50.9 cm³/mol. The Labute approximate surface area is 83.6 Å². The van der Waals surface area contributed by atoms with E-state index in [4.69, 9.17) is 14.6 Å². The SMILES string of the molecule is COCCOCNC(=O)NCCCO. The van der Waals surface area contributed by atoms with Gasteiger partial charge in [-0.2, -0.15) is 0 Å². The summed E-state index contributed by atoms with van der Waals surface area (Å²) in [5, 5.41) is 13.5. The Morgan fingerprint density at radius 2 is 2.14 bits per heavy atom. The number of nitrogens with one attached hydrogen (secondary N) is 2. The zero-order valence-corrected chi connectivity index (χ0v) is 8.41. The maximum Gasteiger partial charge on any atom is 0.316 e. The first-order valence-corrected chi connectivity index (χ1v) is 4.50. The number of carbonyl (C=O) groups excluding carboxylic acids is 1. The monoisotopic (exact) mass is 206 g/mol. The fourth-order valence-corrected chi connectivity index (χ4v) is 0.674. The molecule has 6 nitrogen and oxygen atoms in total. The van der Waals surface area contributed by atoms with Gasteiger partial charge >= 0.3 is 6.03 Å². The Kier molecular flexibility index (Phi) is 9.61. The second-order valence-electron chi connectivity index (χ2n) is 2.56. The first-order valence-electron chi connectivity index (χ1n) is 4.50. The lowest BCUT2D eigenvalue weighted by Gasteiger charge is -2.07. The van der Waals surface area contributed by atoms with E-state index in [2.05, 4.69) is 10.6 Å². The van der Waals surface area contributed by atoms with Crippen molar-refractivity contribution in [1.29, 1.82) is 0 Å². The van der Waals surface area contributed by atoms with Crippen LogP contribution in [0.5, 0.6) is 0 Å². The highest BCUT2D eigenvalue weighted by atomic mass is 16.5. The molecule has 2 amide bonds. The summed E-state index contributed by atoms with van der Waals surface area (Å²) in [4.78, 5) is 10.9. The Balaban J connectivity index is 3.10. The van der Waals surface area contributed by atoms with Gasteiger partial charge < -0.3 is 25.2 Å². The summed E-state index contributed by atoms with van der Waals surface area (Å²) in [5.74, 6) is 0. The molecule has 3 N–H and O–H groups in total. The fraction of sp³-hybridized carbons (Fsp3) is 0.875. The van der Waals surface area contributed by atoms with Gasteiger partial charge in [0, 0.05) is 20.3 Å². The van der Waals surface area contributed by atoms with Crippen LogP contribution in [0.3, 0.4) is 0 Å². The van der Waals surface area contributed by atoms with Crippen molar-refractivity contribution in [3.63, 3.8) is 0 Å². The van der Waals surface area contributed by atoms with Crippen LogP contribution in [0.1, 0.15) is 6.42 Å². The van der Waals surface area contributed by atoms with Gasteiger partial charge in [-0.3, -0.25) is 0 Å². The number of urea groups is 1. The Morgan fingerprint density at radius 3 is 2.79 bits per heavy atom. The molecule has 0 aliphatic rings. The van der Waals surface area contributed by atoms with E-state index >= 15 is 0 Å². The van der Waals surface area contributed by atoms with Crippen LogP contribution < -0.4 is 10.6 Å². The van der Waals surface area contributed by atoms with E-state index < -0.39 is 0 Å². The summed E-state index contributed by atoms with van der Waals surface area (Å²) >= 11 is 0. The van der Waals surface area contributed by atoms with Crippen molar-refractivity contribution in [2.45, 2.75) is 6.42 Å². The molecule has 0 aromatic carbocycles. The number of ether oxygens (including phenoxy) is 2. The molecule has 0 fully saturated rings. The third-order valence-corrected chi connectivity index (χ3v) is 1.39. The quantitative estimate of drug-likeness (QED) is 0.362. The third-order valence-electron chi connectivity index (χ3n) is 1.39. The molecule has 0 aliphatic heterocycles. The van der Waals surface area contributed by atoms with E-state index in [1.807, 2.05) is 0 Å². The zero-order chi connectivity index (χ0) is 10.6. The lowest BCUT2D eigenvalue weighted by Crippen LogP contribution is -2.37. The number of methoxy groups -OCH3 is 1. The lowest BCUT2D eigenvalue weighted by molar-refractivity contribution is 0.0642. The minimum Gasteiger partial charge on any atom is -0.396 e. The summed E-state index contributed by atoms with van der Waals surface area (Å²) in [7, 11) is 1.58.